The summed E-state index contributed by atoms with van der Waals surface area (Å²) in [5.74, 6) is 0.833. The normalized spacial score (nSPS) is 28.1. The molecule has 4 heteroatoms. The lowest BCUT2D eigenvalue weighted by atomic mass is 9.91. The summed E-state index contributed by atoms with van der Waals surface area (Å²) in [5.41, 5.74) is 6.70. The van der Waals surface area contributed by atoms with Crippen molar-refractivity contribution in [1.29, 1.82) is 0 Å². The van der Waals surface area contributed by atoms with Crippen molar-refractivity contribution in [2.75, 3.05) is 25.6 Å². The van der Waals surface area contributed by atoms with Crippen LogP contribution in [0, 0.1) is 0 Å². The predicted molar refractivity (Wildman–Crippen MR) is 68.4 cm³/mol. The molecule has 17 heavy (non-hydrogen) atoms. The van der Waals surface area contributed by atoms with Crippen molar-refractivity contribution < 1.29 is 9.47 Å². The lowest BCUT2D eigenvalue weighted by Crippen LogP contribution is -2.50. The predicted octanol–water partition coefficient (Wildman–Crippen LogP) is 1.61. The van der Waals surface area contributed by atoms with E-state index in [0.717, 1.165) is 24.5 Å². The highest BCUT2D eigenvalue weighted by atomic mass is 16.5. The van der Waals surface area contributed by atoms with Crippen molar-refractivity contribution in [2.45, 2.75) is 25.0 Å². The van der Waals surface area contributed by atoms with Gasteiger partial charge in [0.25, 0.3) is 0 Å². The fourth-order valence-corrected chi connectivity index (χ4v) is 2.28. The average molecular weight is 236 g/mol. The van der Waals surface area contributed by atoms with E-state index < -0.39 is 0 Å². The molecule has 0 amide bonds. The summed E-state index contributed by atoms with van der Waals surface area (Å²) in [5, 5.41) is 3.50. The Morgan fingerprint density at radius 3 is 2.88 bits per heavy atom. The number of ether oxygens (including phenoxy) is 2. The molecular formula is C13H20N2O2. The molecular weight excluding hydrogens is 216 g/mol. The fourth-order valence-electron chi connectivity index (χ4n) is 2.28. The molecule has 0 aromatic heterocycles. The minimum absolute atomic E-state index is 0.109. The molecule has 1 saturated heterocycles. The first-order chi connectivity index (χ1) is 8.22. The number of nitrogens with two attached hydrogens (primary N) is 1. The van der Waals surface area contributed by atoms with E-state index in [0.29, 0.717) is 6.54 Å². The van der Waals surface area contributed by atoms with Crippen LogP contribution >= 0.6 is 0 Å². The second-order valence-corrected chi connectivity index (χ2v) is 4.45. The van der Waals surface area contributed by atoms with Gasteiger partial charge < -0.3 is 20.5 Å². The van der Waals surface area contributed by atoms with Gasteiger partial charge in [0, 0.05) is 13.2 Å². The molecule has 94 valence electrons. The number of rotatable bonds is 4. The monoisotopic (exact) mass is 236 g/mol. The molecule has 0 radical (unpaired) electrons. The van der Waals surface area contributed by atoms with E-state index in [4.69, 9.17) is 15.2 Å². The fraction of sp³-hybridized carbons (Fsp3) is 0.538. The molecule has 1 fully saturated rings. The van der Waals surface area contributed by atoms with E-state index in [1.54, 1.807) is 7.11 Å². The van der Waals surface area contributed by atoms with Crippen molar-refractivity contribution in [3.8, 4) is 5.75 Å². The Balaban J connectivity index is 2.24. The molecule has 0 aliphatic carbocycles. The number of benzene rings is 1. The molecule has 2 atom stereocenters. The van der Waals surface area contributed by atoms with Gasteiger partial charge in [-0.15, -0.1) is 0 Å². The van der Waals surface area contributed by atoms with Gasteiger partial charge in [0.05, 0.1) is 24.4 Å². The highest BCUT2D eigenvalue weighted by molar-refractivity contribution is 5.58. The van der Waals surface area contributed by atoms with E-state index in [2.05, 4.69) is 12.2 Å². The highest BCUT2D eigenvalue weighted by Gasteiger charge is 2.40. The first-order valence-corrected chi connectivity index (χ1v) is 5.95. The first kappa shape index (κ1) is 12.2. The van der Waals surface area contributed by atoms with Crippen LogP contribution in [-0.4, -0.2) is 31.9 Å². The summed E-state index contributed by atoms with van der Waals surface area (Å²) in [6.45, 7) is 3.36. The Hall–Kier alpha value is -1.26. The maximum atomic E-state index is 5.92. The van der Waals surface area contributed by atoms with E-state index in [-0.39, 0.29) is 11.6 Å². The minimum Gasteiger partial charge on any atom is -0.495 e. The van der Waals surface area contributed by atoms with Crippen molar-refractivity contribution in [1.82, 2.24) is 0 Å². The summed E-state index contributed by atoms with van der Waals surface area (Å²) in [6, 6.07) is 7.87. The van der Waals surface area contributed by atoms with Crippen molar-refractivity contribution in [3.05, 3.63) is 24.3 Å². The molecule has 1 aromatic rings. The number of hydrogen-bond donors (Lipinski definition) is 2. The molecule has 4 nitrogen and oxygen atoms in total. The van der Waals surface area contributed by atoms with Crippen LogP contribution in [0.15, 0.2) is 24.3 Å². The molecule has 0 saturated carbocycles. The number of nitrogens with one attached hydrogen (secondary N) is 1. The largest absolute Gasteiger partial charge is 0.495 e. The van der Waals surface area contributed by atoms with Crippen LogP contribution in [0.2, 0.25) is 0 Å². The van der Waals surface area contributed by atoms with Gasteiger partial charge in [-0.25, -0.2) is 0 Å². The molecule has 2 unspecified atom stereocenters. The second-order valence-electron chi connectivity index (χ2n) is 4.45. The minimum atomic E-state index is -0.186. The lowest BCUT2D eigenvalue weighted by molar-refractivity contribution is 0.103. The lowest BCUT2D eigenvalue weighted by Gasteiger charge is -2.33. The van der Waals surface area contributed by atoms with Gasteiger partial charge in [-0.3, -0.25) is 0 Å². The van der Waals surface area contributed by atoms with Gasteiger partial charge >= 0.3 is 0 Å². The van der Waals surface area contributed by atoms with Crippen molar-refractivity contribution in [3.63, 3.8) is 0 Å². The van der Waals surface area contributed by atoms with E-state index in [1.165, 1.54) is 0 Å². The molecule has 3 N–H and O–H groups in total. The van der Waals surface area contributed by atoms with Crippen molar-refractivity contribution >= 4 is 5.69 Å². The van der Waals surface area contributed by atoms with Gasteiger partial charge in [0.1, 0.15) is 5.75 Å². The molecule has 0 bridgehead atoms. The van der Waals surface area contributed by atoms with Crippen molar-refractivity contribution in [2.24, 2.45) is 5.73 Å². The molecule has 1 heterocycles. The third-order valence-electron chi connectivity index (χ3n) is 3.55. The highest BCUT2D eigenvalue weighted by Crippen LogP contribution is 2.33. The van der Waals surface area contributed by atoms with Crippen LogP contribution < -0.4 is 15.8 Å². The van der Waals surface area contributed by atoms with E-state index in [1.807, 2.05) is 24.3 Å². The number of para-hydroxylation sites is 2. The van der Waals surface area contributed by atoms with Gasteiger partial charge in [0.2, 0.25) is 0 Å². The maximum Gasteiger partial charge on any atom is 0.141 e. The van der Waals surface area contributed by atoms with Gasteiger partial charge in [-0.2, -0.15) is 0 Å². The van der Waals surface area contributed by atoms with Crippen LogP contribution in [0.1, 0.15) is 13.3 Å². The number of hydrogen-bond acceptors (Lipinski definition) is 4. The smallest absolute Gasteiger partial charge is 0.141 e. The number of methoxy groups -OCH3 is 1. The van der Waals surface area contributed by atoms with Crippen LogP contribution in [0.3, 0.4) is 0 Å². The Labute approximate surface area is 102 Å². The summed E-state index contributed by atoms with van der Waals surface area (Å²) >= 11 is 0. The quantitative estimate of drug-likeness (QED) is 0.834. The van der Waals surface area contributed by atoms with Gasteiger partial charge in [-0.1, -0.05) is 12.1 Å². The van der Waals surface area contributed by atoms with Gasteiger partial charge in [0.15, 0.2) is 0 Å². The summed E-state index contributed by atoms with van der Waals surface area (Å²) in [4.78, 5) is 0. The third-order valence-corrected chi connectivity index (χ3v) is 3.55. The molecule has 2 rings (SSSR count). The molecule has 1 aliphatic rings. The summed E-state index contributed by atoms with van der Waals surface area (Å²) < 4.78 is 11.0. The maximum absolute atomic E-state index is 5.92. The van der Waals surface area contributed by atoms with Crippen LogP contribution in [0.25, 0.3) is 0 Å². The topological polar surface area (TPSA) is 56.5 Å². The summed E-state index contributed by atoms with van der Waals surface area (Å²) in [7, 11) is 1.67. The third kappa shape index (κ3) is 2.23. The Morgan fingerprint density at radius 2 is 2.29 bits per heavy atom. The zero-order chi connectivity index (χ0) is 12.3. The van der Waals surface area contributed by atoms with Crippen LogP contribution in [0.4, 0.5) is 5.69 Å². The second kappa shape index (κ2) is 4.94. The zero-order valence-electron chi connectivity index (χ0n) is 10.4. The summed E-state index contributed by atoms with van der Waals surface area (Å²) in [6.07, 6.45) is 1.03. The van der Waals surface area contributed by atoms with Crippen LogP contribution in [0.5, 0.6) is 5.75 Å². The van der Waals surface area contributed by atoms with Crippen LogP contribution in [-0.2, 0) is 4.74 Å². The Morgan fingerprint density at radius 1 is 1.53 bits per heavy atom. The standard InChI is InChI=1S/C13H20N2O2/c1-10-13(9-14,7-8-17-10)15-11-5-3-4-6-12(11)16-2/h3-6,10,15H,7-9,14H2,1-2H3. The van der Waals surface area contributed by atoms with E-state index >= 15 is 0 Å². The zero-order valence-corrected chi connectivity index (χ0v) is 10.4. The SMILES string of the molecule is COc1ccccc1NC1(CN)CCOC1C. The first-order valence-electron chi connectivity index (χ1n) is 5.95. The average Bonchev–Trinajstić information content (AvgIpc) is 2.72. The molecule has 1 aliphatic heterocycles. The van der Waals surface area contributed by atoms with Gasteiger partial charge in [-0.05, 0) is 25.5 Å². The number of anilines is 1. The Bertz CT molecular complexity index is 383. The molecule has 1 aromatic carbocycles. The molecule has 0 spiro atoms. The Kier molecular flexibility index (Phi) is 3.54. The van der Waals surface area contributed by atoms with E-state index in [9.17, 15) is 0 Å².